The van der Waals surface area contributed by atoms with Crippen molar-refractivity contribution in [3.63, 3.8) is 0 Å². The predicted molar refractivity (Wildman–Crippen MR) is 131 cm³/mol. The first-order chi connectivity index (χ1) is 15.1. The van der Waals surface area contributed by atoms with E-state index in [1.165, 1.54) is 31.7 Å². The van der Waals surface area contributed by atoms with E-state index in [2.05, 4.69) is 27.7 Å². The van der Waals surface area contributed by atoms with Crippen LogP contribution in [0.1, 0.15) is 86.5 Å². The van der Waals surface area contributed by atoms with E-state index in [0.29, 0.717) is 0 Å². The van der Waals surface area contributed by atoms with Gasteiger partial charge in [-0.05, 0) is 17.3 Å². The number of unbranched alkanes of at least 4 members (excludes halogenated alkanes) is 6. The van der Waals surface area contributed by atoms with Crippen molar-refractivity contribution in [1.29, 1.82) is 0 Å². The molecular weight excluding hydrogens is 448 g/mol. The molecule has 185 valence electrons. The lowest BCUT2D eigenvalue weighted by atomic mass is 10.1. The van der Waals surface area contributed by atoms with E-state index < -0.39 is 45.4 Å². The first-order valence-electron chi connectivity index (χ1n) is 12.6. The highest BCUT2D eigenvalue weighted by molar-refractivity contribution is 6.95. The largest absolute Gasteiger partial charge is 0.539 e. The quantitative estimate of drug-likeness (QED) is 0.0968. The van der Waals surface area contributed by atoms with E-state index in [4.69, 9.17) is 4.43 Å². The molecule has 0 fully saturated rings. The van der Waals surface area contributed by atoms with Gasteiger partial charge in [0.05, 0.1) is 14.1 Å². The zero-order chi connectivity index (χ0) is 24.4. The Morgan fingerprint density at radius 1 is 0.750 bits per heavy atom. The third kappa shape index (κ3) is 7.61. The van der Waals surface area contributed by atoms with E-state index in [1.54, 1.807) is 0 Å². The lowest BCUT2D eigenvalue weighted by molar-refractivity contribution is 0.381. The number of hydrogen-bond donors (Lipinski definition) is 0. The van der Waals surface area contributed by atoms with Gasteiger partial charge in [0.15, 0.2) is 17.4 Å². The second kappa shape index (κ2) is 13.8. The fourth-order valence-electron chi connectivity index (χ4n) is 4.72. The van der Waals surface area contributed by atoms with Crippen LogP contribution in [-0.4, -0.2) is 16.4 Å². The molecule has 0 aliphatic carbocycles. The summed E-state index contributed by atoms with van der Waals surface area (Å²) >= 11 is 0. The zero-order valence-corrected chi connectivity index (χ0v) is 23.0. The lowest BCUT2D eigenvalue weighted by Crippen LogP contribution is -2.53. The van der Waals surface area contributed by atoms with Gasteiger partial charge in [-0.1, -0.05) is 105 Å². The molecular formula is C25H43F4OSi2. The van der Waals surface area contributed by atoms with Crippen molar-refractivity contribution >= 4 is 16.4 Å². The molecule has 1 radical (unpaired) electrons. The topological polar surface area (TPSA) is 9.23 Å². The maximum absolute atomic E-state index is 14.6. The Balaban J connectivity index is 3.26. The molecule has 1 atom stereocenters. The van der Waals surface area contributed by atoms with Crippen molar-refractivity contribution in [2.24, 2.45) is 0 Å². The maximum Gasteiger partial charge on any atom is 0.251 e. The van der Waals surface area contributed by atoms with Crippen molar-refractivity contribution in [1.82, 2.24) is 0 Å². The van der Waals surface area contributed by atoms with E-state index in [-0.39, 0.29) is 5.54 Å². The summed E-state index contributed by atoms with van der Waals surface area (Å²) in [5, 5.41) is 0. The Labute approximate surface area is 195 Å². The number of hydrogen-bond acceptors (Lipinski definition) is 1. The molecule has 0 spiro atoms. The number of benzene rings is 1. The molecule has 1 unspecified atom stereocenters. The smallest absolute Gasteiger partial charge is 0.251 e. The summed E-state index contributed by atoms with van der Waals surface area (Å²) in [6, 6.07) is 5.44. The zero-order valence-electron chi connectivity index (χ0n) is 21.0. The first kappa shape index (κ1) is 29.2. The Hall–Kier alpha value is -0.826. The molecule has 1 nitrogen and oxygen atoms in total. The highest BCUT2D eigenvalue weighted by Gasteiger charge is 2.48. The van der Waals surface area contributed by atoms with Gasteiger partial charge in [-0.15, -0.1) is 0 Å². The Bertz CT molecular complexity index is 660. The van der Waals surface area contributed by atoms with Gasteiger partial charge < -0.3 is 4.43 Å². The number of halogens is 4. The molecule has 0 aliphatic rings. The predicted octanol–water partition coefficient (Wildman–Crippen LogP) is 9.58. The Morgan fingerprint density at radius 3 is 1.66 bits per heavy atom. The molecule has 1 aromatic carbocycles. The summed E-state index contributed by atoms with van der Waals surface area (Å²) in [6.07, 6.45) is 7.96. The van der Waals surface area contributed by atoms with Crippen LogP contribution >= 0.6 is 0 Å². The highest BCUT2D eigenvalue weighted by atomic mass is 28.4. The monoisotopic (exact) mass is 491 g/mol. The maximum atomic E-state index is 14.6. The summed E-state index contributed by atoms with van der Waals surface area (Å²) in [5.41, 5.74) is 0.936. The van der Waals surface area contributed by atoms with E-state index in [1.807, 2.05) is 13.8 Å². The molecule has 1 rings (SSSR count). The van der Waals surface area contributed by atoms with E-state index >= 15 is 0 Å². The summed E-state index contributed by atoms with van der Waals surface area (Å²) in [5.74, 6) is -6.83. The van der Waals surface area contributed by atoms with E-state index in [9.17, 15) is 17.6 Å². The van der Waals surface area contributed by atoms with Gasteiger partial charge in [-0.25, -0.2) is 8.78 Å². The minimum Gasteiger partial charge on any atom is -0.539 e. The van der Waals surface area contributed by atoms with Crippen molar-refractivity contribution in [3.8, 4) is 5.75 Å². The average molecular weight is 492 g/mol. The summed E-state index contributed by atoms with van der Waals surface area (Å²) in [6.45, 7) is 12.9. The molecule has 0 aliphatic heterocycles. The molecule has 0 saturated carbocycles. The molecule has 0 bridgehead atoms. The second-order valence-corrected chi connectivity index (χ2v) is 20.2. The molecule has 0 aromatic heterocycles. The standard InChI is InChI=1S/C25H43F4OSi2/c1-7-11-12-13-14-15-16-17-32(20(5)6,19-31(8-2,9-3)10-4)30-25-23(28)21(26)18-22(27)24(25)29/h20H,7-17,19H2,1-6H3. The minimum atomic E-state index is -2.76. The van der Waals surface area contributed by atoms with Crippen molar-refractivity contribution in [2.75, 3.05) is 0 Å². The molecule has 0 saturated heterocycles. The highest BCUT2D eigenvalue weighted by Crippen LogP contribution is 2.42. The summed E-state index contributed by atoms with van der Waals surface area (Å²) in [4.78, 5) is 0. The minimum absolute atomic E-state index is 0.0771. The third-order valence-electron chi connectivity index (χ3n) is 7.49. The van der Waals surface area contributed by atoms with Crippen LogP contribution in [0, 0.1) is 29.3 Å². The van der Waals surface area contributed by atoms with Crippen LogP contribution in [0.15, 0.2) is 0 Å². The third-order valence-corrected chi connectivity index (χ3v) is 21.3. The molecule has 1 aromatic rings. The lowest BCUT2D eigenvalue weighted by Gasteiger charge is -2.42. The summed E-state index contributed by atoms with van der Waals surface area (Å²) in [7, 11) is -4.48. The van der Waals surface area contributed by atoms with Crippen molar-refractivity contribution < 1.29 is 22.0 Å². The van der Waals surface area contributed by atoms with Crippen LogP contribution in [0.3, 0.4) is 0 Å². The van der Waals surface area contributed by atoms with Gasteiger partial charge in [-0.3, -0.25) is 0 Å². The van der Waals surface area contributed by atoms with Crippen molar-refractivity contribution in [3.05, 3.63) is 29.3 Å². The Kier molecular flexibility index (Phi) is 12.6. The molecule has 0 heterocycles. The fraction of sp³-hybridized carbons (Fsp3) is 0.760. The molecule has 0 amide bonds. The Morgan fingerprint density at radius 2 is 1.22 bits per heavy atom. The molecule has 0 N–H and O–H groups in total. The first-order valence-corrected chi connectivity index (χ1v) is 17.8. The van der Waals surface area contributed by atoms with Crippen LogP contribution in [0.2, 0.25) is 35.4 Å². The normalized spacial score (nSPS) is 14.1. The summed E-state index contributed by atoms with van der Waals surface area (Å²) < 4.78 is 63.1. The van der Waals surface area contributed by atoms with Gasteiger partial charge in [0.25, 0.3) is 8.32 Å². The van der Waals surface area contributed by atoms with Crippen LogP contribution in [0.5, 0.6) is 5.75 Å². The van der Waals surface area contributed by atoms with Crippen LogP contribution in [-0.2, 0) is 0 Å². The number of rotatable bonds is 16. The van der Waals surface area contributed by atoms with Gasteiger partial charge in [-0.2, -0.15) is 8.78 Å². The van der Waals surface area contributed by atoms with Crippen LogP contribution < -0.4 is 4.43 Å². The van der Waals surface area contributed by atoms with Gasteiger partial charge in [0.2, 0.25) is 11.6 Å². The van der Waals surface area contributed by atoms with Crippen LogP contribution in [0.4, 0.5) is 17.6 Å². The van der Waals surface area contributed by atoms with Crippen LogP contribution in [0.25, 0.3) is 0 Å². The second-order valence-electron chi connectivity index (χ2n) is 9.64. The van der Waals surface area contributed by atoms with Gasteiger partial charge >= 0.3 is 0 Å². The average Bonchev–Trinajstić information content (AvgIpc) is 2.78. The van der Waals surface area contributed by atoms with Crippen molar-refractivity contribution in [2.45, 2.75) is 122 Å². The SMILES string of the molecule is CCCCCCCCC[Si](C[Si](CC)(CC)CC)(Oc1c(F)c(F)[c]c(F)c1F)C(C)C. The molecule has 32 heavy (non-hydrogen) atoms. The molecule has 7 heteroatoms. The fourth-order valence-corrected chi connectivity index (χ4v) is 19.3. The van der Waals surface area contributed by atoms with Gasteiger partial charge in [0.1, 0.15) is 0 Å². The van der Waals surface area contributed by atoms with E-state index in [0.717, 1.165) is 49.1 Å². The van der Waals surface area contributed by atoms with Gasteiger partial charge in [0, 0.05) is 0 Å².